The molecule has 0 aliphatic carbocycles. The Hall–Kier alpha value is -2.08. The molecule has 1 aromatic heterocycles. The number of esters is 1. The van der Waals surface area contributed by atoms with Gasteiger partial charge in [-0.3, -0.25) is 14.2 Å². The molecular weight excluding hydrogens is 312 g/mol. The van der Waals surface area contributed by atoms with Crippen LogP contribution in [-0.4, -0.2) is 27.9 Å². The second-order valence-corrected chi connectivity index (χ2v) is 6.58. The molecule has 6 heteroatoms. The number of hydrogen-bond acceptors (Lipinski definition) is 5. The zero-order chi connectivity index (χ0) is 17.0. The van der Waals surface area contributed by atoms with Gasteiger partial charge in [-0.25, -0.2) is 4.98 Å². The van der Waals surface area contributed by atoms with Crippen molar-refractivity contribution in [2.75, 3.05) is 7.11 Å². The molecule has 0 aliphatic rings. The molecule has 1 aromatic carbocycles. The van der Waals surface area contributed by atoms with Crippen molar-refractivity contribution in [3.05, 3.63) is 57.5 Å². The maximum atomic E-state index is 12.6. The third-order valence-corrected chi connectivity index (χ3v) is 4.71. The second kappa shape index (κ2) is 7.46. The Morgan fingerprint density at radius 3 is 2.61 bits per heavy atom. The molecule has 0 saturated carbocycles. The number of ether oxygens (including phenoxy) is 1. The molecule has 0 saturated heterocycles. The van der Waals surface area contributed by atoms with Crippen LogP contribution >= 0.6 is 11.8 Å². The zero-order valence-electron chi connectivity index (χ0n) is 13.7. The first kappa shape index (κ1) is 17.3. The summed E-state index contributed by atoms with van der Waals surface area (Å²) in [6.45, 7) is 3.56. The molecule has 0 fully saturated rings. The van der Waals surface area contributed by atoms with Crippen LogP contribution in [0.1, 0.15) is 23.7 Å². The van der Waals surface area contributed by atoms with Crippen LogP contribution in [-0.2, 0) is 23.0 Å². The molecule has 2 rings (SSSR count). The summed E-state index contributed by atoms with van der Waals surface area (Å²) in [6, 6.07) is 9.82. The number of benzene rings is 1. The summed E-state index contributed by atoms with van der Waals surface area (Å²) in [4.78, 5) is 28.7. The Kier molecular flexibility index (Phi) is 5.60. The van der Waals surface area contributed by atoms with E-state index in [2.05, 4.69) is 4.98 Å². The minimum absolute atomic E-state index is 0.0825. The molecule has 0 spiro atoms. The first-order valence-corrected chi connectivity index (χ1v) is 8.17. The number of rotatable bonds is 5. The van der Waals surface area contributed by atoms with E-state index in [9.17, 15) is 9.59 Å². The third-order valence-electron chi connectivity index (χ3n) is 3.59. The molecule has 2 aromatic rings. The molecule has 23 heavy (non-hydrogen) atoms. The van der Waals surface area contributed by atoms with E-state index in [1.165, 1.54) is 23.4 Å². The lowest BCUT2D eigenvalue weighted by molar-refractivity contribution is -0.139. The van der Waals surface area contributed by atoms with E-state index in [-0.39, 0.29) is 11.5 Å². The minimum atomic E-state index is -0.419. The monoisotopic (exact) mass is 332 g/mol. The van der Waals surface area contributed by atoms with Crippen molar-refractivity contribution in [2.24, 2.45) is 7.05 Å². The molecule has 0 amide bonds. The molecule has 0 bridgehead atoms. The van der Waals surface area contributed by atoms with Gasteiger partial charge in [-0.15, -0.1) is 0 Å². The van der Waals surface area contributed by atoms with Crippen LogP contribution in [0.3, 0.4) is 0 Å². The molecular formula is C17H20N2O3S. The fourth-order valence-corrected chi connectivity index (χ4v) is 3.15. The number of carbonyl (C=O) groups is 1. The van der Waals surface area contributed by atoms with Crippen molar-refractivity contribution in [1.82, 2.24) is 9.55 Å². The van der Waals surface area contributed by atoms with E-state index in [1.54, 1.807) is 14.0 Å². The van der Waals surface area contributed by atoms with Gasteiger partial charge >= 0.3 is 5.97 Å². The van der Waals surface area contributed by atoms with Gasteiger partial charge in [-0.2, -0.15) is 0 Å². The van der Waals surface area contributed by atoms with Crippen molar-refractivity contribution in [3.63, 3.8) is 0 Å². The molecule has 1 heterocycles. The van der Waals surface area contributed by atoms with Crippen molar-refractivity contribution in [1.29, 1.82) is 0 Å². The van der Waals surface area contributed by atoms with E-state index in [0.29, 0.717) is 22.8 Å². The lowest BCUT2D eigenvalue weighted by atomic mass is 10.1. The number of methoxy groups -OCH3 is 1. The number of aryl methyl sites for hydroxylation is 1. The van der Waals surface area contributed by atoms with Gasteiger partial charge in [0.25, 0.3) is 5.56 Å². The van der Waals surface area contributed by atoms with Crippen LogP contribution < -0.4 is 5.56 Å². The summed E-state index contributed by atoms with van der Waals surface area (Å²) in [5.74, 6) is -0.338. The third kappa shape index (κ3) is 4.01. The van der Waals surface area contributed by atoms with Gasteiger partial charge in [0.15, 0.2) is 5.16 Å². The number of hydrogen-bond donors (Lipinski definition) is 0. The first-order chi connectivity index (χ1) is 10.9. The first-order valence-electron chi connectivity index (χ1n) is 7.29. The van der Waals surface area contributed by atoms with Gasteiger partial charge in [0.05, 0.1) is 7.11 Å². The van der Waals surface area contributed by atoms with E-state index in [0.717, 1.165) is 5.56 Å². The Morgan fingerprint density at radius 1 is 1.35 bits per heavy atom. The molecule has 1 atom stereocenters. The van der Waals surface area contributed by atoms with E-state index >= 15 is 0 Å². The van der Waals surface area contributed by atoms with Gasteiger partial charge in [-0.1, -0.05) is 42.1 Å². The van der Waals surface area contributed by atoms with Gasteiger partial charge < -0.3 is 4.74 Å². The molecule has 5 nitrogen and oxygen atoms in total. The van der Waals surface area contributed by atoms with Gasteiger partial charge in [-0.05, 0) is 19.4 Å². The fourth-order valence-electron chi connectivity index (χ4n) is 2.21. The predicted molar refractivity (Wildman–Crippen MR) is 90.8 cm³/mol. The normalized spacial score (nSPS) is 12.0. The topological polar surface area (TPSA) is 61.2 Å². The average Bonchev–Trinajstić information content (AvgIpc) is 2.56. The van der Waals surface area contributed by atoms with Crippen LogP contribution in [0, 0.1) is 6.92 Å². The zero-order valence-corrected chi connectivity index (χ0v) is 14.5. The Labute approximate surface area is 139 Å². The van der Waals surface area contributed by atoms with E-state index < -0.39 is 5.25 Å². The van der Waals surface area contributed by atoms with E-state index in [4.69, 9.17) is 4.74 Å². The van der Waals surface area contributed by atoms with Crippen molar-refractivity contribution in [2.45, 2.75) is 30.7 Å². The maximum Gasteiger partial charge on any atom is 0.318 e. The molecule has 0 radical (unpaired) electrons. The molecule has 0 aliphatic heterocycles. The highest BCUT2D eigenvalue weighted by molar-refractivity contribution is 8.00. The van der Waals surface area contributed by atoms with Crippen LogP contribution in [0.5, 0.6) is 0 Å². The largest absolute Gasteiger partial charge is 0.468 e. The van der Waals surface area contributed by atoms with E-state index in [1.807, 2.05) is 37.3 Å². The van der Waals surface area contributed by atoms with Crippen molar-refractivity contribution < 1.29 is 9.53 Å². The summed E-state index contributed by atoms with van der Waals surface area (Å²) in [5.41, 5.74) is 2.35. The summed E-state index contributed by atoms with van der Waals surface area (Å²) in [7, 11) is 3.02. The maximum absolute atomic E-state index is 12.6. The summed E-state index contributed by atoms with van der Waals surface area (Å²) in [5, 5.41) is 0.0969. The smallest absolute Gasteiger partial charge is 0.318 e. The molecule has 0 N–H and O–H groups in total. The molecule has 0 unspecified atom stereocenters. The average molecular weight is 332 g/mol. The highest BCUT2D eigenvalue weighted by atomic mass is 32.2. The van der Waals surface area contributed by atoms with Crippen LogP contribution in [0.25, 0.3) is 0 Å². The number of aromatic nitrogens is 2. The lowest BCUT2D eigenvalue weighted by Gasteiger charge is -2.14. The van der Waals surface area contributed by atoms with Crippen LogP contribution in [0.4, 0.5) is 0 Å². The fraction of sp³-hybridized carbons (Fsp3) is 0.353. The highest BCUT2D eigenvalue weighted by Gasteiger charge is 2.19. The van der Waals surface area contributed by atoms with Crippen LogP contribution in [0.2, 0.25) is 0 Å². The standard InChI is InChI=1S/C17H20N2O3S/c1-11-14(10-13-8-6-5-7-9-13)15(20)19(3)17(18-11)23-12(2)16(21)22-4/h5-9,12H,10H2,1-4H3/t12-/m0/s1. The number of nitrogens with zero attached hydrogens (tertiary/aromatic N) is 2. The Bertz CT molecular complexity index is 756. The molecule has 122 valence electrons. The van der Waals surface area contributed by atoms with Gasteiger partial charge in [0, 0.05) is 24.7 Å². The van der Waals surface area contributed by atoms with Gasteiger partial charge in [0.2, 0.25) is 0 Å². The SMILES string of the molecule is COC(=O)[C@H](C)Sc1nc(C)c(Cc2ccccc2)c(=O)n1C. The quantitative estimate of drug-likeness (QED) is 0.478. The number of thioether (sulfide) groups is 1. The Morgan fingerprint density at radius 2 is 2.00 bits per heavy atom. The summed E-state index contributed by atoms with van der Waals surface area (Å²) < 4.78 is 6.21. The summed E-state index contributed by atoms with van der Waals surface area (Å²) >= 11 is 1.22. The minimum Gasteiger partial charge on any atom is -0.468 e. The van der Waals surface area contributed by atoms with Crippen LogP contribution in [0.15, 0.2) is 40.3 Å². The van der Waals surface area contributed by atoms with Crippen molar-refractivity contribution in [3.8, 4) is 0 Å². The summed E-state index contributed by atoms with van der Waals surface area (Å²) in [6.07, 6.45) is 0.545. The second-order valence-electron chi connectivity index (χ2n) is 5.27. The lowest BCUT2D eigenvalue weighted by Crippen LogP contribution is -2.27. The van der Waals surface area contributed by atoms with Gasteiger partial charge in [0.1, 0.15) is 5.25 Å². The number of carbonyl (C=O) groups excluding carboxylic acids is 1. The highest BCUT2D eigenvalue weighted by Crippen LogP contribution is 2.22. The Balaban J connectivity index is 2.33. The van der Waals surface area contributed by atoms with Crippen molar-refractivity contribution >= 4 is 17.7 Å². The predicted octanol–water partition coefficient (Wildman–Crippen LogP) is 2.33.